The van der Waals surface area contributed by atoms with E-state index < -0.39 is 0 Å². The molecular weight excluding hydrogens is 231 g/mol. The van der Waals surface area contributed by atoms with E-state index in [4.69, 9.17) is 0 Å². The quantitative estimate of drug-likeness (QED) is 0.846. The van der Waals surface area contributed by atoms with Crippen molar-refractivity contribution in [3.05, 3.63) is 36.3 Å². The van der Waals surface area contributed by atoms with Crippen LogP contribution in [0.5, 0.6) is 0 Å². The van der Waals surface area contributed by atoms with E-state index in [1.165, 1.54) is 12.1 Å². The number of hydrogen-bond acceptors (Lipinski definition) is 3. The van der Waals surface area contributed by atoms with Gasteiger partial charge in [-0.3, -0.25) is 5.10 Å². The second-order valence-electron chi connectivity index (χ2n) is 4.38. The number of nitrogens with zero attached hydrogens (tertiary/aromatic N) is 2. The molecule has 1 aromatic heterocycles. The van der Waals surface area contributed by atoms with Crippen LogP contribution in [-0.2, 0) is 0 Å². The lowest BCUT2D eigenvalue weighted by Gasteiger charge is -2.29. The van der Waals surface area contributed by atoms with E-state index in [0.717, 1.165) is 43.1 Å². The van der Waals surface area contributed by atoms with Gasteiger partial charge in [-0.1, -0.05) is 12.1 Å². The van der Waals surface area contributed by atoms with Crippen LogP contribution in [0.15, 0.2) is 30.5 Å². The number of benzene rings is 1. The van der Waals surface area contributed by atoms with E-state index in [1.807, 2.05) is 12.3 Å². The number of nitrogens with one attached hydrogen (secondary N) is 2. The van der Waals surface area contributed by atoms with Gasteiger partial charge in [-0.25, -0.2) is 4.39 Å². The topological polar surface area (TPSA) is 44.0 Å². The number of aromatic amines is 1. The summed E-state index contributed by atoms with van der Waals surface area (Å²) in [6.07, 6.45) is 1.81. The number of H-pyrrole nitrogens is 1. The fraction of sp³-hybridized carbons (Fsp3) is 0.308. The first-order valence-electron chi connectivity index (χ1n) is 6.09. The molecule has 0 atom stereocenters. The lowest BCUT2D eigenvalue weighted by molar-refractivity contribution is 0.589. The van der Waals surface area contributed by atoms with Crippen molar-refractivity contribution < 1.29 is 4.39 Å². The highest BCUT2D eigenvalue weighted by atomic mass is 19.1. The molecule has 2 N–H and O–H groups in total. The second kappa shape index (κ2) is 4.78. The van der Waals surface area contributed by atoms with Gasteiger partial charge in [0.05, 0.1) is 17.6 Å². The van der Waals surface area contributed by atoms with Gasteiger partial charge in [0.15, 0.2) is 0 Å². The largest absolute Gasteiger partial charge is 0.366 e. The van der Waals surface area contributed by atoms with E-state index in [1.54, 1.807) is 6.07 Å². The molecule has 0 radical (unpaired) electrons. The summed E-state index contributed by atoms with van der Waals surface area (Å²) >= 11 is 0. The zero-order valence-corrected chi connectivity index (χ0v) is 9.99. The highest BCUT2D eigenvalue weighted by molar-refractivity contribution is 5.74. The maximum Gasteiger partial charge on any atom is 0.123 e. The summed E-state index contributed by atoms with van der Waals surface area (Å²) in [6, 6.07) is 6.58. The highest BCUT2D eigenvalue weighted by Gasteiger charge is 2.16. The molecule has 0 aliphatic carbocycles. The first kappa shape index (κ1) is 11.2. The summed E-state index contributed by atoms with van der Waals surface area (Å²) in [4.78, 5) is 2.26. The summed E-state index contributed by atoms with van der Waals surface area (Å²) in [5.74, 6) is -0.228. The minimum atomic E-state index is -0.228. The molecule has 3 rings (SSSR count). The lowest BCUT2D eigenvalue weighted by Crippen LogP contribution is -2.43. The summed E-state index contributed by atoms with van der Waals surface area (Å²) in [6.45, 7) is 3.82. The smallest absolute Gasteiger partial charge is 0.123 e. The SMILES string of the molecule is Fc1cccc(-c2[nH]ncc2N2CCNCC2)c1. The van der Waals surface area contributed by atoms with E-state index in [-0.39, 0.29) is 5.82 Å². The number of anilines is 1. The molecule has 1 saturated heterocycles. The molecule has 0 amide bonds. The van der Waals surface area contributed by atoms with Gasteiger partial charge in [0.2, 0.25) is 0 Å². The van der Waals surface area contributed by atoms with Crippen molar-refractivity contribution in [3.63, 3.8) is 0 Å². The van der Waals surface area contributed by atoms with Crippen LogP contribution in [0.25, 0.3) is 11.3 Å². The standard InChI is InChI=1S/C13H15FN4/c14-11-3-1-2-10(8-11)13-12(9-16-17-13)18-6-4-15-5-7-18/h1-3,8-9,15H,4-7H2,(H,16,17). The Bertz CT molecular complexity index is 531. The summed E-state index contributed by atoms with van der Waals surface area (Å²) in [5, 5.41) is 10.4. The molecule has 1 aromatic carbocycles. The molecule has 5 heteroatoms. The predicted octanol–water partition coefficient (Wildman–Crippen LogP) is 1.63. The Labute approximate surface area is 105 Å². The Morgan fingerprint density at radius 1 is 1.22 bits per heavy atom. The van der Waals surface area contributed by atoms with E-state index in [0.29, 0.717) is 0 Å². The zero-order valence-electron chi connectivity index (χ0n) is 9.99. The zero-order chi connectivity index (χ0) is 12.4. The van der Waals surface area contributed by atoms with Crippen LogP contribution in [0.2, 0.25) is 0 Å². The van der Waals surface area contributed by atoms with Crippen molar-refractivity contribution in [1.82, 2.24) is 15.5 Å². The van der Waals surface area contributed by atoms with Crippen LogP contribution in [0.1, 0.15) is 0 Å². The van der Waals surface area contributed by atoms with Gasteiger partial charge in [-0.2, -0.15) is 5.10 Å². The molecule has 18 heavy (non-hydrogen) atoms. The number of aromatic nitrogens is 2. The molecule has 2 heterocycles. The van der Waals surface area contributed by atoms with Gasteiger partial charge in [-0.05, 0) is 12.1 Å². The molecular formula is C13H15FN4. The lowest BCUT2D eigenvalue weighted by atomic mass is 10.1. The van der Waals surface area contributed by atoms with Crippen LogP contribution in [0.3, 0.4) is 0 Å². The van der Waals surface area contributed by atoms with Gasteiger partial charge < -0.3 is 10.2 Å². The van der Waals surface area contributed by atoms with Gasteiger partial charge in [-0.15, -0.1) is 0 Å². The molecule has 0 spiro atoms. The average Bonchev–Trinajstić information content (AvgIpc) is 2.89. The third-order valence-electron chi connectivity index (χ3n) is 3.19. The minimum Gasteiger partial charge on any atom is -0.366 e. The first-order chi connectivity index (χ1) is 8.84. The second-order valence-corrected chi connectivity index (χ2v) is 4.38. The van der Waals surface area contributed by atoms with Gasteiger partial charge in [0.1, 0.15) is 5.82 Å². The van der Waals surface area contributed by atoms with Gasteiger partial charge in [0.25, 0.3) is 0 Å². The number of halogens is 1. The molecule has 0 bridgehead atoms. The van der Waals surface area contributed by atoms with Crippen molar-refractivity contribution in [2.75, 3.05) is 31.1 Å². The Morgan fingerprint density at radius 2 is 2.06 bits per heavy atom. The van der Waals surface area contributed by atoms with Crippen LogP contribution in [0.4, 0.5) is 10.1 Å². The first-order valence-corrected chi connectivity index (χ1v) is 6.09. The van der Waals surface area contributed by atoms with E-state index in [9.17, 15) is 4.39 Å². The molecule has 0 saturated carbocycles. The number of hydrogen-bond donors (Lipinski definition) is 2. The van der Waals surface area contributed by atoms with Crippen LogP contribution in [0, 0.1) is 5.82 Å². The molecule has 1 fully saturated rings. The van der Waals surface area contributed by atoms with E-state index in [2.05, 4.69) is 20.4 Å². The Kier molecular flexibility index (Phi) is 2.98. The van der Waals surface area contributed by atoms with E-state index >= 15 is 0 Å². The molecule has 0 unspecified atom stereocenters. The monoisotopic (exact) mass is 246 g/mol. The predicted molar refractivity (Wildman–Crippen MR) is 69.1 cm³/mol. The average molecular weight is 246 g/mol. The summed E-state index contributed by atoms with van der Waals surface area (Å²) < 4.78 is 13.3. The summed E-state index contributed by atoms with van der Waals surface area (Å²) in [7, 11) is 0. The molecule has 1 aliphatic rings. The Balaban J connectivity index is 1.95. The van der Waals surface area contributed by atoms with Crippen LogP contribution >= 0.6 is 0 Å². The fourth-order valence-corrected chi connectivity index (χ4v) is 2.28. The maximum atomic E-state index is 13.3. The molecule has 94 valence electrons. The molecule has 4 nitrogen and oxygen atoms in total. The maximum absolute atomic E-state index is 13.3. The highest BCUT2D eigenvalue weighted by Crippen LogP contribution is 2.28. The molecule has 2 aromatic rings. The normalized spacial score (nSPS) is 15.9. The van der Waals surface area contributed by atoms with Crippen molar-refractivity contribution in [3.8, 4) is 11.3 Å². The van der Waals surface area contributed by atoms with Crippen molar-refractivity contribution in [2.45, 2.75) is 0 Å². The van der Waals surface area contributed by atoms with Crippen molar-refractivity contribution >= 4 is 5.69 Å². The third-order valence-corrected chi connectivity index (χ3v) is 3.19. The van der Waals surface area contributed by atoms with Crippen molar-refractivity contribution in [1.29, 1.82) is 0 Å². The fourth-order valence-electron chi connectivity index (χ4n) is 2.28. The summed E-state index contributed by atoms with van der Waals surface area (Å²) in [5.41, 5.74) is 2.76. The number of rotatable bonds is 2. The third kappa shape index (κ3) is 2.09. The van der Waals surface area contributed by atoms with Gasteiger partial charge in [0, 0.05) is 31.7 Å². The molecule has 1 aliphatic heterocycles. The minimum absolute atomic E-state index is 0.228. The van der Waals surface area contributed by atoms with Crippen LogP contribution < -0.4 is 10.2 Å². The Hall–Kier alpha value is -1.88. The van der Waals surface area contributed by atoms with Gasteiger partial charge >= 0.3 is 0 Å². The number of piperazine rings is 1. The van der Waals surface area contributed by atoms with Crippen molar-refractivity contribution in [2.24, 2.45) is 0 Å². The Morgan fingerprint density at radius 3 is 2.83 bits per heavy atom. The van der Waals surface area contributed by atoms with Crippen LogP contribution in [-0.4, -0.2) is 36.4 Å².